The molecule has 0 spiro atoms. The summed E-state index contributed by atoms with van der Waals surface area (Å²) in [7, 11) is 0. The molecule has 3 aromatic rings. The van der Waals surface area contributed by atoms with Gasteiger partial charge in [-0.05, 0) is 50.1 Å². The normalized spacial score (nSPS) is 16.1. The van der Waals surface area contributed by atoms with Crippen LogP contribution in [0.25, 0.3) is 17.1 Å². The van der Waals surface area contributed by atoms with Gasteiger partial charge in [0.1, 0.15) is 0 Å². The van der Waals surface area contributed by atoms with Gasteiger partial charge in [0.05, 0.1) is 11.2 Å². The first-order chi connectivity index (χ1) is 11.2. The molecule has 24 heavy (non-hydrogen) atoms. The monoisotopic (exact) mass is 345 g/mol. The van der Waals surface area contributed by atoms with Crippen molar-refractivity contribution in [3.05, 3.63) is 48.0 Å². The van der Waals surface area contributed by atoms with Gasteiger partial charge in [-0.25, -0.2) is 4.68 Å². The summed E-state index contributed by atoms with van der Waals surface area (Å²) < 4.78 is 7.30. The SMILES string of the molecule is Cc1ccnn1-c1ccc(-c2nc(C3(N)CCCC3)no2)cc1.Cl. The highest BCUT2D eigenvalue weighted by Gasteiger charge is 2.36. The largest absolute Gasteiger partial charge is 0.334 e. The molecule has 126 valence electrons. The maximum Gasteiger partial charge on any atom is 0.257 e. The Labute approximate surface area is 146 Å². The van der Waals surface area contributed by atoms with Gasteiger partial charge in [0.15, 0.2) is 5.82 Å². The van der Waals surface area contributed by atoms with Crippen molar-refractivity contribution in [2.45, 2.75) is 38.1 Å². The van der Waals surface area contributed by atoms with Gasteiger partial charge < -0.3 is 10.3 Å². The predicted octanol–water partition coefficient (Wildman–Crippen LogP) is 3.38. The third kappa shape index (κ3) is 2.83. The van der Waals surface area contributed by atoms with Gasteiger partial charge in [0.2, 0.25) is 0 Å². The highest BCUT2D eigenvalue weighted by atomic mass is 35.5. The number of aromatic nitrogens is 4. The lowest BCUT2D eigenvalue weighted by molar-refractivity contribution is 0.372. The molecule has 1 aromatic carbocycles. The summed E-state index contributed by atoms with van der Waals surface area (Å²) in [6, 6.07) is 9.89. The number of benzene rings is 1. The molecule has 0 atom stereocenters. The zero-order valence-corrected chi connectivity index (χ0v) is 14.3. The van der Waals surface area contributed by atoms with Gasteiger partial charge in [-0.2, -0.15) is 10.1 Å². The van der Waals surface area contributed by atoms with E-state index in [-0.39, 0.29) is 12.4 Å². The molecule has 2 N–H and O–H groups in total. The van der Waals surface area contributed by atoms with E-state index in [9.17, 15) is 0 Å². The number of rotatable bonds is 3. The molecular formula is C17H20ClN5O. The van der Waals surface area contributed by atoms with Crippen LogP contribution in [0.3, 0.4) is 0 Å². The molecule has 1 aliphatic rings. The molecule has 0 bridgehead atoms. The van der Waals surface area contributed by atoms with E-state index in [1.165, 1.54) is 0 Å². The van der Waals surface area contributed by atoms with Crippen LogP contribution >= 0.6 is 12.4 Å². The molecule has 4 rings (SSSR count). The highest BCUT2D eigenvalue weighted by molar-refractivity contribution is 5.85. The van der Waals surface area contributed by atoms with Gasteiger partial charge in [-0.1, -0.05) is 18.0 Å². The van der Waals surface area contributed by atoms with Crippen LogP contribution in [0.1, 0.15) is 37.2 Å². The van der Waals surface area contributed by atoms with Crippen LogP contribution in [-0.4, -0.2) is 19.9 Å². The minimum absolute atomic E-state index is 0. The Balaban J connectivity index is 0.00000169. The molecule has 2 heterocycles. The fraction of sp³-hybridized carbons (Fsp3) is 0.353. The van der Waals surface area contributed by atoms with E-state index in [2.05, 4.69) is 15.2 Å². The van der Waals surface area contributed by atoms with Crippen molar-refractivity contribution < 1.29 is 4.52 Å². The standard InChI is InChI=1S/C17H19N5O.ClH/c1-12-8-11-19-22(12)14-6-4-13(5-7-14)15-20-16(21-23-15)17(18)9-2-3-10-17;/h4-8,11H,2-3,9-10,18H2,1H3;1H. The summed E-state index contributed by atoms with van der Waals surface area (Å²) in [4.78, 5) is 4.52. The maximum absolute atomic E-state index is 6.38. The van der Waals surface area contributed by atoms with Crippen molar-refractivity contribution in [2.24, 2.45) is 5.73 Å². The van der Waals surface area contributed by atoms with Crippen molar-refractivity contribution in [3.8, 4) is 17.1 Å². The van der Waals surface area contributed by atoms with Gasteiger partial charge in [-0.15, -0.1) is 12.4 Å². The lowest BCUT2D eigenvalue weighted by Crippen LogP contribution is -2.34. The first-order valence-corrected chi connectivity index (χ1v) is 7.90. The molecule has 6 nitrogen and oxygen atoms in total. The molecule has 0 amide bonds. The maximum atomic E-state index is 6.38. The third-order valence-electron chi connectivity index (χ3n) is 4.56. The molecule has 0 radical (unpaired) electrons. The molecule has 7 heteroatoms. The average Bonchev–Trinajstić information content (AvgIpc) is 3.28. The molecule has 2 aromatic heterocycles. The molecule has 0 saturated heterocycles. The van der Waals surface area contributed by atoms with Crippen molar-refractivity contribution in [1.29, 1.82) is 0 Å². The van der Waals surface area contributed by atoms with Crippen LogP contribution in [0.5, 0.6) is 0 Å². The third-order valence-corrected chi connectivity index (χ3v) is 4.56. The summed E-state index contributed by atoms with van der Waals surface area (Å²) in [5.74, 6) is 1.14. The van der Waals surface area contributed by atoms with E-state index >= 15 is 0 Å². The zero-order chi connectivity index (χ0) is 15.9. The van der Waals surface area contributed by atoms with Crippen LogP contribution in [0.2, 0.25) is 0 Å². The summed E-state index contributed by atoms with van der Waals surface area (Å²) in [6.45, 7) is 2.02. The average molecular weight is 346 g/mol. The zero-order valence-electron chi connectivity index (χ0n) is 13.5. The minimum Gasteiger partial charge on any atom is -0.334 e. The fourth-order valence-electron chi connectivity index (χ4n) is 3.16. The van der Waals surface area contributed by atoms with E-state index < -0.39 is 5.54 Å². The smallest absolute Gasteiger partial charge is 0.257 e. The number of nitrogens with two attached hydrogens (primary N) is 1. The van der Waals surface area contributed by atoms with E-state index in [1.54, 1.807) is 6.20 Å². The summed E-state index contributed by atoms with van der Waals surface area (Å²) in [6.07, 6.45) is 5.87. The number of nitrogens with zero attached hydrogens (tertiary/aromatic N) is 4. The Hall–Kier alpha value is -2.18. The molecule has 1 saturated carbocycles. The lowest BCUT2D eigenvalue weighted by Gasteiger charge is -2.17. The molecule has 0 unspecified atom stereocenters. The van der Waals surface area contributed by atoms with Crippen molar-refractivity contribution in [3.63, 3.8) is 0 Å². The van der Waals surface area contributed by atoms with Crippen LogP contribution in [0.15, 0.2) is 41.1 Å². The summed E-state index contributed by atoms with van der Waals surface area (Å²) >= 11 is 0. The molecule has 0 aliphatic heterocycles. The van der Waals surface area contributed by atoms with Gasteiger partial charge in [0, 0.05) is 17.5 Å². The minimum atomic E-state index is -0.423. The Morgan fingerprint density at radius 2 is 1.83 bits per heavy atom. The number of aryl methyl sites for hydroxylation is 1. The Morgan fingerprint density at radius 1 is 1.12 bits per heavy atom. The highest BCUT2D eigenvalue weighted by Crippen LogP contribution is 2.35. The summed E-state index contributed by atoms with van der Waals surface area (Å²) in [5, 5.41) is 8.41. The second kappa shape index (κ2) is 6.37. The second-order valence-corrected chi connectivity index (χ2v) is 6.22. The Morgan fingerprint density at radius 3 is 2.46 bits per heavy atom. The van der Waals surface area contributed by atoms with Crippen LogP contribution < -0.4 is 5.73 Å². The van der Waals surface area contributed by atoms with Gasteiger partial charge in [0.25, 0.3) is 5.89 Å². The van der Waals surface area contributed by atoms with Crippen LogP contribution in [-0.2, 0) is 5.54 Å². The van der Waals surface area contributed by atoms with Crippen molar-refractivity contribution in [1.82, 2.24) is 19.9 Å². The first kappa shape index (κ1) is 16.7. The summed E-state index contributed by atoms with van der Waals surface area (Å²) in [5.41, 5.74) is 8.93. The van der Waals surface area contributed by atoms with E-state index in [4.69, 9.17) is 10.3 Å². The Kier molecular flexibility index (Phi) is 4.43. The van der Waals surface area contributed by atoms with Crippen molar-refractivity contribution in [2.75, 3.05) is 0 Å². The van der Waals surface area contributed by atoms with Crippen molar-refractivity contribution >= 4 is 12.4 Å². The van der Waals surface area contributed by atoms with Gasteiger partial charge >= 0.3 is 0 Å². The number of hydrogen-bond acceptors (Lipinski definition) is 5. The number of halogens is 1. The quantitative estimate of drug-likeness (QED) is 0.786. The first-order valence-electron chi connectivity index (χ1n) is 7.90. The topological polar surface area (TPSA) is 82.8 Å². The van der Waals surface area contributed by atoms with E-state index in [0.29, 0.717) is 11.7 Å². The fourth-order valence-corrected chi connectivity index (χ4v) is 3.16. The van der Waals surface area contributed by atoms with Gasteiger partial charge in [-0.3, -0.25) is 0 Å². The molecular weight excluding hydrogens is 326 g/mol. The van der Waals surface area contributed by atoms with E-state index in [1.807, 2.05) is 41.9 Å². The second-order valence-electron chi connectivity index (χ2n) is 6.22. The Bertz CT molecular complexity index is 818. The number of hydrogen-bond donors (Lipinski definition) is 1. The van der Waals surface area contributed by atoms with E-state index in [0.717, 1.165) is 42.6 Å². The molecule has 1 fully saturated rings. The molecule has 1 aliphatic carbocycles. The predicted molar refractivity (Wildman–Crippen MR) is 93.2 cm³/mol. The van der Waals surface area contributed by atoms with Crippen LogP contribution in [0.4, 0.5) is 0 Å². The lowest BCUT2D eigenvalue weighted by atomic mass is 9.99. The van der Waals surface area contributed by atoms with Crippen LogP contribution in [0, 0.1) is 6.92 Å².